The maximum absolute atomic E-state index is 5.70. The topological polar surface area (TPSA) is 33.3 Å². The minimum absolute atomic E-state index is 0.298. The molecule has 0 spiro atoms. The highest BCUT2D eigenvalue weighted by Crippen LogP contribution is 2.32. The van der Waals surface area contributed by atoms with E-state index >= 15 is 0 Å². The average Bonchev–Trinajstić information content (AvgIpc) is 3.09. The zero-order valence-corrected chi connectivity index (χ0v) is 20.3. The van der Waals surface area contributed by atoms with Gasteiger partial charge in [0.1, 0.15) is 5.75 Å². The summed E-state index contributed by atoms with van der Waals surface area (Å²) >= 11 is 0. The van der Waals surface area contributed by atoms with Gasteiger partial charge in [-0.1, -0.05) is 93.1 Å². The van der Waals surface area contributed by atoms with Crippen LogP contribution in [0.3, 0.4) is 0 Å². The van der Waals surface area contributed by atoms with Gasteiger partial charge in [-0.05, 0) is 48.1 Å². The molecule has 3 heteroatoms. The summed E-state index contributed by atoms with van der Waals surface area (Å²) in [7, 11) is 1.77. The lowest BCUT2D eigenvalue weighted by molar-refractivity contribution is 0.344. The van der Waals surface area contributed by atoms with Crippen LogP contribution in [0.15, 0.2) is 78.9 Å². The monoisotopic (exact) mass is 442 g/mol. The molecule has 0 aromatic heterocycles. The van der Waals surface area contributed by atoms with Crippen LogP contribution in [-0.2, 0) is 6.54 Å². The molecule has 1 saturated heterocycles. The maximum Gasteiger partial charge on any atom is 0.123 e. The Labute approximate surface area is 199 Å². The van der Waals surface area contributed by atoms with E-state index in [1.54, 1.807) is 7.11 Å². The number of nitrogens with one attached hydrogen (secondary N) is 2. The Bertz CT molecular complexity index is 947. The van der Waals surface area contributed by atoms with E-state index in [1.807, 2.05) is 0 Å². The van der Waals surface area contributed by atoms with Crippen molar-refractivity contribution in [2.75, 3.05) is 13.7 Å². The molecule has 174 valence electrons. The first kappa shape index (κ1) is 23.5. The first-order valence-electron chi connectivity index (χ1n) is 12.4. The molecule has 0 bridgehead atoms. The molecule has 2 N–H and O–H groups in total. The van der Waals surface area contributed by atoms with Gasteiger partial charge in [0.25, 0.3) is 0 Å². The van der Waals surface area contributed by atoms with Gasteiger partial charge in [0.2, 0.25) is 0 Å². The number of ether oxygens (including phenoxy) is 1. The van der Waals surface area contributed by atoms with Crippen LogP contribution in [-0.4, -0.2) is 25.7 Å². The number of hydrogen-bond donors (Lipinski definition) is 2. The quantitative estimate of drug-likeness (QED) is 0.432. The Balaban J connectivity index is 1.63. The standard InChI is InChI=1S/C30H38N2O/c1-22(2)25-17-18-28(33-3)26(20-25)21-32-27-16-10-11-19-31-30(27)29(23-12-6-4-7-13-23)24-14-8-5-9-15-24/h4-9,12-15,17-18,20,22,27,29-32H,10-11,16,19,21H2,1-3H3. The van der Waals surface area contributed by atoms with Crippen LogP contribution >= 0.6 is 0 Å². The van der Waals surface area contributed by atoms with Gasteiger partial charge < -0.3 is 15.4 Å². The van der Waals surface area contributed by atoms with Crippen molar-refractivity contribution in [2.24, 2.45) is 0 Å². The molecule has 4 rings (SSSR count). The third-order valence-corrected chi connectivity index (χ3v) is 6.96. The van der Waals surface area contributed by atoms with Crippen LogP contribution in [0.2, 0.25) is 0 Å². The normalized spacial score (nSPS) is 18.9. The Morgan fingerprint density at radius 2 is 1.55 bits per heavy atom. The number of rotatable bonds is 8. The van der Waals surface area contributed by atoms with Gasteiger partial charge in [-0.15, -0.1) is 0 Å². The predicted molar refractivity (Wildman–Crippen MR) is 138 cm³/mol. The molecular formula is C30H38N2O. The fourth-order valence-electron chi connectivity index (χ4n) is 5.12. The molecule has 33 heavy (non-hydrogen) atoms. The summed E-state index contributed by atoms with van der Waals surface area (Å²) in [6.07, 6.45) is 3.62. The molecule has 0 amide bonds. The number of methoxy groups -OCH3 is 1. The van der Waals surface area contributed by atoms with Crippen LogP contribution in [0.5, 0.6) is 5.75 Å². The summed E-state index contributed by atoms with van der Waals surface area (Å²) < 4.78 is 5.70. The molecule has 0 aliphatic carbocycles. The van der Waals surface area contributed by atoms with Crippen LogP contribution in [0.1, 0.15) is 67.2 Å². The van der Waals surface area contributed by atoms with Gasteiger partial charge in [-0.2, -0.15) is 0 Å². The van der Waals surface area contributed by atoms with E-state index in [-0.39, 0.29) is 0 Å². The van der Waals surface area contributed by atoms with Crippen LogP contribution in [0, 0.1) is 0 Å². The summed E-state index contributed by atoms with van der Waals surface area (Å²) in [5.41, 5.74) is 5.33. The molecule has 1 aliphatic rings. The Morgan fingerprint density at radius 3 is 2.15 bits per heavy atom. The molecule has 0 saturated carbocycles. The van der Waals surface area contributed by atoms with Gasteiger partial charge >= 0.3 is 0 Å². The van der Waals surface area contributed by atoms with Crippen molar-refractivity contribution in [3.8, 4) is 5.75 Å². The third kappa shape index (κ3) is 5.85. The molecule has 3 aromatic rings. The lowest BCUT2D eigenvalue weighted by Crippen LogP contribution is -2.50. The zero-order chi connectivity index (χ0) is 23.0. The van der Waals surface area contributed by atoms with Crippen molar-refractivity contribution in [3.63, 3.8) is 0 Å². The van der Waals surface area contributed by atoms with Gasteiger partial charge in [-0.25, -0.2) is 0 Å². The number of hydrogen-bond acceptors (Lipinski definition) is 3. The minimum Gasteiger partial charge on any atom is -0.496 e. The first-order chi connectivity index (χ1) is 16.2. The molecule has 1 heterocycles. The highest BCUT2D eigenvalue weighted by atomic mass is 16.5. The van der Waals surface area contributed by atoms with Crippen LogP contribution in [0.4, 0.5) is 0 Å². The number of benzene rings is 3. The molecule has 2 unspecified atom stereocenters. The van der Waals surface area contributed by atoms with Gasteiger partial charge in [0.05, 0.1) is 7.11 Å². The highest BCUT2D eigenvalue weighted by Gasteiger charge is 2.32. The Kier molecular flexibility index (Phi) is 8.20. The maximum atomic E-state index is 5.70. The highest BCUT2D eigenvalue weighted by molar-refractivity contribution is 5.39. The van der Waals surface area contributed by atoms with Crippen molar-refractivity contribution >= 4 is 0 Å². The van der Waals surface area contributed by atoms with Crippen molar-refractivity contribution < 1.29 is 4.74 Å². The second-order valence-corrected chi connectivity index (χ2v) is 9.49. The van der Waals surface area contributed by atoms with E-state index in [0.29, 0.717) is 23.9 Å². The molecule has 3 nitrogen and oxygen atoms in total. The second-order valence-electron chi connectivity index (χ2n) is 9.49. The molecule has 3 aromatic carbocycles. The summed E-state index contributed by atoms with van der Waals surface area (Å²) in [6, 6.07) is 29.2. The van der Waals surface area contributed by atoms with Crippen LogP contribution < -0.4 is 15.4 Å². The summed E-state index contributed by atoms with van der Waals surface area (Å²) in [5.74, 6) is 1.77. The van der Waals surface area contributed by atoms with Gasteiger partial charge in [0.15, 0.2) is 0 Å². The molecule has 1 aliphatic heterocycles. The van der Waals surface area contributed by atoms with Crippen molar-refractivity contribution in [1.82, 2.24) is 10.6 Å². The van der Waals surface area contributed by atoms with Crippen LogP contribution in [0.25, 0.3) is 0 Å². The van der Waals surface area contributed by atoms with E-state index < -0.39 is 0 Å². The predicted octanol–water partition coefficient (Wildman–Crippen LogP) is 6.25. The van der Waals surface area contributed by atoms with Crippen molar-refractivity contribution in [2.45, 2.75) is 63.6 Å². The van der Waals surface area contributed by atoms with E-state index in [2.05, 4.69) is 103 Å². The minimum atomic E-state index is 0.298. The SMILES string of the molecule is COc1ccc(C(C)C)cc1CNC1CCCCNC1C(c1ccccc1)c1ccccc1. The molecule has 2 atom stereocenters. The summed E-state index contributed by atoms with van der Waals surface area (Å²) in [4.78, 5) is 0. The average molecular weight is 443 g/mol. The third-order valence-electron chi connectivity index (χ3n) is 6.96. The van der Waals surface area contributed by atoms with Crippen molar-refractivity contribution in [3.05, 3.63) is 101 Å². The van der Waals surface area contributed by atoms with E-state index in [0.717, 1.165) is 18.8 Å². The van der Waals surface area contributed by atoms with Gasteiger partial charge in [-0.3, -0.25) is 0 Å². The molecular weight excluding hydrogens is 404 g/mol. The van der Waals surface area contributed by atoms with Crippen molar-refractivity contribution in [1.29, 1.82) is 0 Å². The smallest absolute Gasteiger partial charge is 0.123 e. The van der Waals surface area contributed by atoms with E-state index in [4.69, 9.17) is 4.74 Å². The molecule has 0 radical (unpaired) electrons. The van der Waals surface area contributed by atoms with E-state index in [9.17, 15) is 0 Å². The fourth-order valence-corrected chi connectivity index (χ4v) is 5.12. The Morgan fingerprint density at radius 1 is 0.879 bits per heavy atom. The Hall–Kier alpha value is -2.62. The summed E-state index contributed by atoms with van der Waals surface area (Å²) in [5, 5.41) is 7.88. The first-order valence-corrected chi connectivity index (χ1v) is 12.4. The zero-order valence-electron chi connectivity index (χ0n) is 20.3. The second kappa shape index (κ2) is 11.5. The lowest BCUT2D eigenvalue weighted by atomic mass is 9.81. The lowest BCUT2D eigenvalue weighted by Gasteiger charge is -2.35. The largest absolute Gasteiger partial charge is 0.496 e. The fraction of sp³-hybridized carbons (Fsp3) is 0.400. The van der Waals surface area contributed by atoms with Gasteiger partial charge in [0, 0.05) is 30.1 Å². The summed E-state index contributed by atoms with van der Waals surface area (Å²) in [6.45, 7) is 6.36. The van der Waals surface area contributed by atoms with E-state index in [1.165, 1.54) is 41.5 Å². The molecule has 1 fully saturated rings.